The van der Waals surface area contributed by atoms with Gasteiger partial charge in [-0.25, -0.2) is 0 Å². The van der Waals surface area contributed by atoms with E-state index in [0.29, 0.717) is 6.04 Å². The lowest BCUT2D eigenvalue weighted by molar-refractivity contribution is 0.229. The SMILES string of the molecule is CC(C)CN1CCC[C@H]1c1ccsc1. The van der Waals surface area contributed by atoms with E-state index < -0.39 is 0 Å². The Balaban J connectivity index is 2.04. The fourth-order valence-corrected chi connectivity index (χ4v) is 3.06. The van der Waals surface area contributed by atoms with Crippen molar-refractivity contribution < 1.29 is 0 Å². The van der Waals surface area contributed by atoms with Crippen molar-refractivity contribution in [3.05, 3.63) is 22.4 Å². The van der Waals surface area contributed by atoms with Gasteiger partial charge in [0.15, 0.2) is 0 Å². The maximum absolute atomic E-state index is 2.65. The summed E-state index contributed by atoms with van der Waals surface area (Å²) in [5, 5.41) is 4.50. The predicted molar refractivity (Wildman–Crippen MR) is 62.7 cm³/mol. The third-order valence-electron chi connectivity index (χ3n) is 2.89. The number of nitrogens with zero attached hydrogens (tertiary/aromatic N) is 1. The zero-order chi connectivity index (χ0) is 9.97. The molecule has 1 nitrogen and oxygen atoms in total. The van der Waals surface area contributed by atoms with E-state index in [-0.39, 0.29) is 0 Å². The first-order chi connectivity index (χ1) is 6.77. The molecule has 0 N–H and O–H groups in total. The molecular formula is C12H19NS. The van der Waals surface area contributed by atoms with Gasteiger partial charge < -0.3 is 0 Å². The molecule has 2 rings (SSSR count). The third-order valence-corrected chi connectivity index (χ3v) is 3.59. The van der Waals surface area contributed by atoms with E-state index in [1.807, 2.05) is 11.3 Å². The van der Waals surface area contributed by atoms with Gasteiger partial charge >= 0.3 is 0 Å². The average molecular weight is 209 g/mol. The summed E-state index contributed by atoms with van der Waals surface area (Å²) in [5.74, 6) is 0.786. The Hall–Kier alpha value is -0.340. The monoisotopic (exact) mass is 209 g/mol. The number of rotatable bonds is 3. The lowest BCUT2D eigenvalue weighted by Gasteiger charge is -2.25. The Labute approximate surface area is 90.7 Å². The van der Waals surface area contributed by atoms with Crippen LogP contribution in [0.1, 0.15) is 38.3 Å². The number of thiophene rings is 1. The highest BCUT2D eigenvalue weighted by molar-refractivity contribution is 7.07. The summed E-state index contributed by atoms with van der Waals surface area (Å²) < 4.78 is 0. The first-order valence-electron chi connectivity index (χ1n) is 5.53. The van der Waals surface area contributed by atoms with Crippen LogP contribution >= 0.6 is 11.3 Å². The van der Waals surface area contributed by atoms with Crippen LogP contribution in [0.3, 0.4) is 0 Å². The van der Waals surface area contributed by atoms with Gasteiger partial charge in [-0.3, -0.25) is 4.90 Å². The Morgan fingerprint density at radius 2 is 2.43 bits per heavy atom. The molecule has 2 heteroatoms. The number of likely N-dealkylation sites (tertiary alicyclic amines) is 1. The molecule has 0 aromatic carbocycles. The molecule has 2 heterocycles. The molecular weight excluding hydrogens is 190 g/mol. The Morgan fingerprint density at radius 1 is 1.57 bits per heavy atom. The van der Waals surface area contributed by atoms with Gasteiger partial charge in [-0.05, 0) is 47.7 Å². The Morgan fingerprint density at radius 3 is 3.07 bits per heavy atom. The second kappa shape index (κ2) is 4.45. The second-order valence-electron chi connectivity index (χ2n) is 4.60. The molecule has 0 amide bonds. The summed E-state index contributed by atoms with van der Waals surface area (Å²) in [7, 11) is 0. The average Bonchev–Trinajstić information content (AvgIpc) is 2.70. The molecule has 14 heavy (non-hydrogen) atoms. The molecule has 1 fully saturated rings. The van der Waals surface area contributed by atoms with Gasteiger partial charge in [0.1, 0.15) is 0 Å². The van der Waals surface area contributed by atoms with Crippen LogP contribution in [0.15, 0.2) is 16.8 Å². The van der Waals surface area contributed by atoms with E-state index in [2.05, 4.69) is 35.6 Å². The molecule has 78 valence electrons. The minimum absolute atomic E-state index is 0.712. The molecule has 1 saturated heterocycles. The zero-order valence-corrected chi connectivity index (χ0v) is 9.89. The maximum Gasteiger partial charge on any atom is 0.0356 e. The normalized spacial score (nSPS) is 23.5. The number of hydrogen-bond acceptors (Lipinski definition) is 2. The van der Waals surface area contributed by atoms with Crippen LogP contribution in [0.25, 0.3) is 0 Å². The maximum atomic E-state index is 2.65. The molecule has 0 spiro atoms. The third kappa shape index (κ3) is 2.18. The van der Waals surface area contributed by atoms with E-state index in [4.69, 9.17) is 0 Å². The quantitative estimate of drug-likeness (QED) is 0.736. The van der Waals surface area contributed by atoms with Crippen molar-refractivity contribution in [3.63, 3.8) is 0 Å². The minimum atomic E-state index is 0.712. The van der Waals surface area contributed by atoms with Crippen molar-refractivity contribution in [1.82, 2.24) is 4.90 Å². The van der Waals surface area contributed by atoms with E-state index in [1.54, 1.807) is 0 Å². The fourth-order valence-electron chi connectivity index (χ4n) is 2.36. The largest absolute Gasteiger partial charge is 0.296 e. The van der Waals surface area contributed by atoms with E-state index in [0.717, 1.165) is 5.92 Å². The van der Waals surface area contributed by atoms with Crippen LogP contribution < -0.4 is 0 Å². The van der Waals surface area contributed by atoms with Crippen LogP contribution in [0, 0.1) is 5.92 Å². The van der Waals surface area contributed by atoms with E-state index in [9.17, 15) is 0 Å². The Kier molecular flexibility index (Phi) is 3.24. The molecule has 1 aliphatic heterocycles. The van der Waals surface area contributed by atoms with Crippen LogP contribution in [-0.2, 0) is 0 Å². The van der Waals surface area contributed by atoms with Gasteiger partial charge in [-0.2, -0.15) is 11.3 Å². The van der Waals surface area contributed by atoms with Gasteiger partial charge in [0, 0.05) is 12.6 Å². The molecule has 0 saturated carbocycles. The summed E-state index contributed by atoms with van der Waals surface area (Å²) in [5.41, 5.74) is 1.54. The molecule has 1 aliphatic rings. The molecule has 0 unspecified atom stereocenters. The van der Waals surface area contributed by atoms with Gasteiger partial charge in [0.05, 0.1) is 0 Å². The molecule has 0 aliphatic carbocycles. The van der Waals surface area contributed by atoms with Crippen LogP contribution in [0.5, 0.6) is 0 Å². The van der Waals surface area contributed by atoms with Crippen molar-refractivity contribution in [1.29, 1.82) is 0 Å². The smallest absolute Gasteiger partial charge is 0.0356 e. The van der Waals surface area contributed by atoms with Crippen molar-refractivity contribution in [2.24, 2.45) is 5.92 Å². The highest BCUT2D eigenvalue weighted by Gasteiger charge is 2.26. The van der Waals surface area contributed by atoms with Gasteiger partial charge in [-0.1, -0.05) is 13.8 Å². The lowest BCUT2D eigenvalue weighted by atomic mass is 10.1. The summed E-state index contributed by atoms with van der Waals surface area (Å²) in [6.45, 7) is 7.16. The first-order valence-corrected chi connectivity index (χ1v) is 6.48. The van der Waals surface area contributed by atoms with Crippen molar-refractivity contribution in [2.45, 2.75) is 32.7 Å². The fraction of sp³-hybridized carbons (Fsp3) is 0.667. The van der Waals surface area contributed by atoms with Gasteiger partial charge in [-0.15, -0.1) is 0 Å². The zero-order valence-electron chi connectivity index (χ0n) is 9.07. The summed E-state index contributed by atoms with van der Waals surface area (Å²) in [4.78, 5) is 2.65. The molecule has 1 atom stereocenters. The standard InChI is InChI=1S/C12H19NS/c1-10(2)8-13-6-3-4-12(13)11-5-7-14-9-11/h5,7,9-10,12H,3-4,6,8H2,1-2H3/t12-/m0/s1. The Bertz CT molecular complexity index is 266. The topological polar surface area (TPSA) is 3.24 Å². The van der Waals surface area contributed by atoms with Crippen molar-refractivity contribution in [2.75, 3.05) is 13.1 Å². The minimum Gasteiger partial charge on any atom is -0.296 e. The van der Waals surface area contributed by atoms with E-state index >= 15 is 0 Å². The highest BCUT2D eigenvalue weighted by Crippen LogP contribution is 2.33. The molecule has 1 aromatic heterocycles. The predicted octanol–water partition coefficient (Wildman–Crippen LogP) is 3.54. The lowest BCUT2D eigenvalue weighted by Crippen LogP contribution is -2.27. The molecule has 0 bridgehead atoms. The van der Waals surface area contributed by atoms with Crippen LogP contribution in [-0.4, -0.2) is 18.0 Å². The number of hydrogen-bond donors (Lipinski definition) is 0. The molecule has 0 radical (unpaired) electrons. The van der Waals surface area contributed by atoms with Gasteiger partial charge in [0.25, 0.3) is 0 Å². The van der Waals surface area contributed by atoms with Gasteiger partial charge in [0.2, 0.25) is 0 Å². The van der Waals surface area contributed by atoms with E-state index in [1.165, 1.54) is 31.5 Å². The van der Waals surface area contributed by atoms with Crippen molar-refractivity contribution in [3.8, 4) is 0 Å². The van der Waals surface area contributed by atoms with Crippen molar-refractivity contribution >= 4 is 11.3 Å². The summed E-state index contributed by atoms with van der Waals surface area (Å²) in [6, 6.07) is 3.00. The first kappa shape index (κ1) is 10.2. The highest BCUT2D eigenvalue weighted by atomic mass is 32.1. The second-order valence-corrected chi connectivity index (χ2v) is 5.38. The summed E-state index contributed by atoms with van der Waals surface area (Å²) >= 11 is 1.82. The van der Waals surface area contributed by atoms with Crippen LogP contribution in [0.4, 0.5) is 0 Å². The molecule has 1 aromatic rings. The summed E-state index contributed by atoms with van der Waals surface area (Å²) in [6.07, 6.45) is 2.72. The van der Waals surface area contributed by atoms with Crippen LogP contribution in [0.2, 0.25) is 0 Å².